The van der Waals surface area contributed by atoms with Crippen molar-refractivity contribution < 1.29 is 9.13 Å². The predicted molar refractivity (Wildman–Crippen MR) is 120 cm³/mol. The van der Waals surface area contributed by atoms with Gasteiger partial charge in [0.15, 0.2) is 0 Å². The minimum Gasteiger partial charge on any atom is -0.490 e. The molecule has 0 saturated carbocycles. The summed E-state index contributed by atoms with van der Waals surface area (Å²) in [5.41, 5.74) is 4.37. The first kappa shape index (κ1) is 19.8. The highest BCUT2D eigenvalue weighted by atomic mass is 32.1. The highest BCUT2D eigenvalue weighted by Gasteiger charge is 2.29. The van der Waals surface area contributed by atoms with Gasteiger partial charge >= 0.3 is 0 Å². The van der Waals surface area contributed by atoms with Crippen molar-refractivity contribution in [3.8, 4) is 5.75 Å². The third kappa shape index (κ3) is 4.50. The highest BCUT2D eigenvalue weighted by Crippen LogP contribution is 2.32. The quantitative estimate of drug-likeness (QED) is 0.466. The minimum atomic E-state index is -0.310. The molecule has 1 fully saturated rings. The number of hydrogen-bond acceptors (Lipinski definition) is 7. The zero-order valence-electron chi connectivity index (χ0n) is 17.0. The molecule has 1 aliphatic heterocycles. The monoisotopic (exact) mass is 435 g/mol. The summed E-state index contributed by atoms with van der Waals surface area (Å²) in [6.45, 7) is 0.963. The molecule has 0 bridgehead atoms. The van der Waals surface area contributed by atoms with Crippen molar-refractivity contribution in [3.63, 3.8) is 0 Å². The molecule has 2 aromatic carbocycles. The van der Waals surface area contributed by atoms with Crippen LogP contribution in [0.25, 0.3) is 10.9 Å². The second kappa shape index (κ2) is 8.56. The lowest BCUT2D eigenvalue weighted by Crippen LogP contribution is -2.38. The third-order valence-corrected chi connectivity index (χ3v) is 6.16. The van der Waals surface area contributed by atoms with Crippen molar-refractivity contribution in [3.05, 3.63) is 71.1 Å². The number of hydrogen-bond donors (Lipinski definition) is 1. The van der Waals surface area contributed by atoms with Gasteiger partial charge in [-0.25, -0.2) is 19.3 Å². The number of benzene rings is 2. The number of nitrogens with zero attached hydrogens (tertiary/aromatic N) is 4. The van der Waals surface area contributed by atoms with Crippen molar-refractivity contribution in [2.45, 2.75) is 25.0 Å². The summed E-state index contributed by atoms with van der Waals surface area (Å²) in [6.07, 6.45) is 3.73. The Labute approximate surface area is 183 Å². The van der Waals surface area contributed by atoms with Gasteiger partial charge in [-0.2, -0.15) is 0 Å². The van der Waals surface area contributed by atoms with Gasteiger partial charge in [-0.15, -0.1) is 11.3 Å². The maximum atomic E-state index is 13.4. The molecule has 5 rings (SSSR count). The summed E-state index contributed by atoms with van der Waals surface area (Å²) in [7, 11) is 2.14. The van der Waals surface area contributed by atoms with Crippen LogP contribution in [0.15, 0.2) is 59.6 Å². The van der Waals surface area contributed by atoms with E-state index in [1.807, 2.05) is 23.7 Å². The van der Waals surface area contributed by atoms with Crippen molar-refractivity contribution in [2.75, 3.05) is 18.9 Å². The van der Waals surface area contributed by atoms with Gasteiger partial charge in [0, 0.05) is 41.7 Å². The smallest absolute Gasteiger partial charge is 0.227 e. The largest absolute Gasteiger partial charge is 0.490 e. The predicted octanol–water partition coefficient (Wildman–Crippen LogP) is 5.18. The summed E-state index contributed by atoms with van der Waals surface area (Å²) in [5, 5.41) is 6.08. The standard InChI is InChI=1S/C23H22FN5OS/c1-29-8-7-19(11-22(29)21-13-31-14-26-21)30-18-6-5-15-12-25-23(28-20(15)10-18)27-17-4-2-3-16(24)9-17/h2-6,9-10,12-14,19,22H,7-8,11H2,1H3,(H,25,27,28). The molecule has 0 aliphatic carbocycles. The van der Waals surface area contributed by atoms with Crippen LogP contribution in [0.4, 0.5) is 16.0 Å². The van der Waals surface area contributed by atoms with E-state index >= 15 is 0 Å². The SMILES string of the molecule is CN1CCC(Oc2ccc3cnc(Nc4cccc(F)c4)nc3c2)CC1c1cscn1. The molecule has 6 nitrogen and oxygen atoms in total. The van der Waals surface area contributed by atoms with Crippen LogP contribution in [0.5, 0.6) is 5.75 Å². The maximum absolute atomic E-state index is 13.4. The number of nitrogens with one attached hydrogen (secondary N) is 1. The number of piperidine rings is 1. The van der Waals surface area contributed by atoms with E-state index < -0.39 is 0 Å². The molecule has 0 radical (unpaired) electrons. The zero-order valence-corrected chi connectivity index (χ0v) is 17.8. The molecule has 1 aliphatic rings. The highest BCUT2D eigenvalue weighted by molar-refractivity contribution is 7.07. The number of fused-ring (bicyclic) bond motifs is 1. The maximum Gasteiger partial charge on any atom is 0.227 e. The Balaban J connectivity index is 1.33. The Morgan fingerprint density at radius 1 is 1.19 bits per heavy atom. The van der Waals surface area contributed by atoms with Crippen LogP contribution in [0, 0.1) is 5.82 Å². The molecule has 1 N–H and O–H groups in total. The van der Waals surface area contributed by atoms with E-state index in [0.29, 0.717) is 11.6 Å². The molecular formula is C23H22FN5OS. The van der Waals surface area contributed by atoms with Gasteiger partial charge in [0.05, 0.1) is 22.8 Å². The van der Waals surface area contributed by atoms with Crippen LogP contribution in [0.2, 0.25) is 0 Å². The Morgan fingerprint density at radius 3 is 2.97 bits per heavy atom. The Morgan fingerprint density at radius 2 is 2.13 bits per heavy atom. The summed E-state index contributed by atoms with van der Waals surface area (Å²) in [4.78, 5) is 15.7. The van der Waals surface area contributed by atoms with Crippen LogP contribution >= 0.6 is 11.3 Å². The Bertz CT molecular complexity index is 1190. The molecule has 2 aromatic heterocycles. The van der Waals surface area contributed by atoms with E-state index in [4.69, 9.17) is 4.74 Å². The van der Waals surface area contributed by atoms with Gasteiger partial charge in [-0.05, 0) is 43.8 Å². The summed E-state index contributed by atoms with van der Waals surface area (Å²) >= 11 is 1.62. The molecule has 31 heavy (non-hydrogen) atoms. The molecule has 0 amide bonds. The number of aromatic nitrogens is 3. The van der Waals surface area contributed by atoms with E-state index in [0.717, 1.165) is 41.7 Å². The van der Waals surface area contributed by atoms with E-state index in [2.05, 4.69) is 37.6 Å². The summed E-state index contributed by atoms with van der Waals surface area (Å²) in [6, 6.07) is 12.4. The van der Waals surface area contributed by atoms with Gasteiger partial charge in [-0.1, -0.05) is 6.07 Å². The average Bonchev–Trinajstić information content (AvgIpc) is 3.30. The van der Waals surface area contributed by atoms with Crippen LogP contribution in [0.1, 0.15) is 24.6 Å². The van der Waals surface area contributed by atoms with Crippen LogP contribution in [0.3, 0.4) is 0 Å². The van der Waals surface area contributed by atoms with E-state index in [1.54, 1.807) is 29.7 Å². The lowest BCUT2D eigenvalue weighted by molar-refractivity contribution is 0.0701. The Hall–Kier alpha value is -3.10. The fourth-order valence-corrected chi connectivity index (χ4v) is 4.52. The fraction of sp³-hybridized carbons (Fsp3) is 0.261. The van der Waals surface area contributed by atoms with Gasteiger partial charge in [0.1, 0.15) is 17.7 Å². The fourth-order valence-electron chi connectivity index (χ4n) is 3.91. The number of rotatable bonds is 5. The average molecular weight is 436 g/mol. The summed E-state index contributed by atoms with van der Waals surface area (Å²) < 4.78 is 19.8. The van der Waals surface area contributed by atoms with Crippen molar-refractivity contribution in [1.82, 2.24) is 19.9 Å². The second-order valence-corrected chi connectivity index (χ2v) is 8.44. The number of anilines is 2. The number of halogens is 1. The van der Waals surface area contributed by atoms with E-state index in [-0.39, 0.29) is 18.0 Å². The van der Waals surface area contributed by atoms with Gasteiger partial charge in [-0.3, -0.25) is 4.90 Å². The lowest BCUT2D eigenvalue weighted by atomic mass is 9.98. The van der Waals surface area contributed by atoms with Crippen molar-refractivity contribution in [2.24, 2.45) is 0 Å². The first-order valence-electron chi connectivity index (χ1n) is 10.2. The normalized spacial score (nSPS) is 19.4. The molecule has 0 spiro atoms. The number of thiazole rings is 1. The Kier molecular flexibility index (Phi) is 5.48. The molecule has 2 unspecified atom stereocenters. The molecular weight excluding hydrogens is 413 g/mol. The van der Waals surface area contributed by atoms with Crippen LogP contribution < -0.4 is 10.1 Å². The van der Waals surface area contributed by atoms with Crippen molar-refractivity contribution >= 4 is 33.9 Å². The van der Waals surface area contributed by atoms with Gasteiger partial charge in [0.2, 0.25) is 5.95 Å². The van der Waals surface area contributed by atoms with Gasteiger partial charge in [0.25, 0.3) is 0 Å². The van der Waals surface area contributed by atoms with Crippen LogP contribution in [-0.2, 0) is 0 Å². The van der Waals surface area contributed by atoms with Crippen molar-refractivity contribution in [1.29, 1.82) is 0 Å². The first-order chi connectivity index (χ1) is 15.1. The first-order valence-corrected chi connectivity index (χ1v) is 11.1. The lowest BCUT2D eigenvalue weighted by Gasteiger charge is -2.36. The van der Waals surface area contributed by atoms with E-state index in [9.17, 15) is 4.39 Å². The number of ether oxygens (including phenoxy) is 1. The number of likely N-dealkylation sites (tertiary alicyclic amines) is 1. The molecule has 2 atom stereocenters. The minimum absolute atomic E-state index is 0.118. The molecule has 8 heteroatoms. The molecule has 1 saturated heterocycles. The third-order valence-electron chi connectivity index (χ3n) is 5.55. The molecule has 158 valence electrons. The molecule has 4 aromatic rings. The van der Waals surface area contributed by atoms with Gasteiger partial charge < -0.3 is 10.1 Å². The molecule has 3 heterocycles. The second-order valence-electron chi connectivity index (χ2n) is 7.72. The van der Waals surface area contributed by atoms with Crippen LogP contribution in [-0.4, -0.2) is 39.5 Å². The zero-order chi connectivity index (χ0) is 21.2. The van der Waals surface area contributed by atoms with E-state index in [1.165, 1.54) is 12.1 Å². The topological polar surface area (TPSA) is 63.2 Å². The summed E-state index contributed by atoms with van der Waals surface area (Å²) in [5.74, 6) is 0.892.